The molecule has 0 unspecified atom stereocenters. The summed E-state index contributed by atoms with van der Waals surface area (Å²) in [4.78, 5) is 23.1. The third kappa shape index (κ3) is 3.80. The molecule has 23 heavy (non-hydrogen) atoms. The fraction of sp³-hybridized carbons (Fsp3) is 0.500. The van der Waals surface area contributed by atoms with Gasteiger partial charge in [-0.25, -0.2) is 4.79 Å². The van der Waals surface area contributed by atoms with Crippen LogP contribution in [0, 0.1) is 0 Å². The van der Waals surface area contributed by atoms with Crippen LogP contribution in [-0.4, -0.2) is 55.6 Å². The van der Waals surface area contributed by atoms with Gasteiger partial charge in [-0.1, -0.05) is 0 Å². The number of fused-ring (bicyclic) bond motifs is 1. The van der Waals surface area contributed by atoms with Crippen molar-refractivity contribution in [3.8, 4) is 5.75 Å². The number of carboxylic acids is 1. The molecule has 7 nitrogen and oxygen atoms in total. The predicted molar refractivity (Wildman–Crippen MR) is 79.7 cm³/mol. The molecule has 0 spiro atoms. The van der Waals surface area contributed by atoms with Crippen molar-refractivity contribution in [3.63, 3.8) is 0 Å². The first-order valence-electron chi connectivity index (χ1n) is 7.61. The summed E-state index contributed by atoms with van der Waals surface area (Å²) in [6, 6.07) is 4.98. The number of hydrogen-bond donors (Lipinski definition) is 2. The average molecular weight is 321 g/mol. The van der Waals surface area contributed by atoms with E-state index in [2.05, 4.69) is 5.32 Å². The maximum atomic E-state index is 12.4. The summed E-state index contributed by atoms with van der Waals surface area (Å²) < 4.78 is 16.1. The highest BCUT2D eigenvalue weighted by Gasteiger charge is 2.29. The van der Waals surface area contributed by atoms with E-state index < -0.39 is 5.97 Å². The fourth-order valence-electron chi connectivity index (χ4n) is 2.81. The molecule has 0 bridgehead atoms. The Bertz CT molecular complexity index is 602. The topological polar surface area (TPSA) is 94.1 Å². The van der Waals surface area contributed by atoms with E-state index in [1.54, 1.807) is 12.1 Å². The highest BCUT2D eigenvalue weighted by atomic mass is 16.5. The van der Waals surface area contributed by atoms with Crippen LogP contribution in [0.2, 0.25) is 0 Å². The van der Waals surface area contributed by atoms with Gasteiger partial charge in [-0.15, -0.1) is 0 Å². The molecule has 0 aromatic heterocycles. The van der Waals surface area contributed by atoms with Crippen molar-refractivity contribution in [3.05, 3.63) is 29.3 Å². The van der Waals surface area contributed by atoms with Gasteiger partial charge >= 0.3 is 5.97 Å². The molecule has 1 aromatic carbocycles. The van der Waals surface area contributed by atoms with E-state index in [0.717, 1.165) is 17.7 Å². The molecule has 7 heteroatoms. The first kappa shape index (κ1) is 15.8. The van der Waals surface area contributed by atoms with E-state index in [9.17, 15) is 9.59 Å². The summed E-state index contributed by atoms with van der Waals surface area (Å²) in [5, 5.41) is 11.6. The van der Waals surface area contributed by atoms with Crippen molar-refractivity contribution in [1.29, 1.82) is 0 Å². The number of hydrogen-bond acceptors (Lipinski definition) is 5. The van der Waals surface area contributed by atoms with Crippen molar-refractivity contribution in [1.82, 2.24) is 5.32 Å². The van der Waals surface area contributed by atoms with Crippen LogP contribution >= 0.6 is 0 Å². The average Bonchev–Trinajstić information content (AvgIpc) is 3.01. The molecule has 0 radical (unpaired) electrons. The van der Waals surface area contributed by atoms with Gasteiger partial charge in [0.25, 0.3) is 5.91 Å². The minimum absolute atomic E-state index is 0.223. The first-order valence-corrected chi connectivity index (χ1v) is 7.61. The van der Waals surface area contributed by atoms with Crippen LogP contribution in [0.1, 0.15) is 22.3 Å². The van der Waals surface area contributed by atoms with Crippen molar-refractivity contribution >= 4 is 11.9 Å². The lowest BCUT2D eigenvalue weighted by atomic mass is 10.0. The Balaban J connectivity index is 1.64. The molecule has 3 rings (SSSR count). The van der Waals surface area contributed by atoms with Crippen molar-refractivity contribution in [2.75, 3.05) is 26.4 Å². The first-order chi connectivity index (χ1) is 11.1. The lowest BCUT2D eigenvalue weighted by molar-refractivity contribution is -0.147. The largest absolute Gasteiger partial charge is 0.493 e. The van der Waals surface area contributed by atoms with Crippen LogP contribution in [0.15, 0.2) is 18.2 Å². The number of amides is 1. The molecule has 2 aliphatic rings. The van der Waals surface area contributed by atoms with Gasteiger partial charge in [0, 0.05) is 18.6 Å². The molecular formula is C16H19NO6. The number of nitrogens with one attached hydrogen (secondary N) is 1. The summed E-state index contributed by atoms with van der Waals surface area (Å²) in [5.74, 6) is -0.426. The van der Waals surface area contributed by atoms with Gasteiger partial charge in [-0.05, 0) is 30.2 Å². The zero-order valence-electron chi connectivity index (χ0n) is 12.6. The minimum atomic E-state index is -1.03. The number of benzene rings is 1. The van der Waals surface area contributed by atoms with Crippen LogP contribution in [0.3, 0.4) is 0 Å². The Morgan fingerprint density at radius 1 is 1.35 bits per heavy atom. The number of carbonyl (C=O) groups is 2. The Kier molecular flexibility index (Phi) is 4.78. The molecule has 1 amide bonds. The maximum Gasteiger partial charge on any atom is 0.329 e. The van der Waals surface area contributed by atoms with Gasteiger partial charge in [-0.3, -0.25) is 4.79 Å². The highest BCUT2D eigenvalue weighted by molar-refractivity contribution is 5.94. The molecule has 1 saturated heterocycles. The van der Waals surface area contributed by atoms with E-state index in [1.165, 1.54) is 0 Å². The summed E-state index contributed by atoms with van der Waals surface area (Å²) in [6.45, 7) is 1.06. The van der Waals surface area contributed by atoms with Gasteiger partial charge < -0.3 is 24.6 Å². The zero-order chi connectivity index (χ0) is 16.2. The third-order valence-corrected chi connectivity index (χ3v) is 3.98. The second-order valence-corrected chi connectivity index (χ2v) is 5.61. The number of rotatable bonds is 5. The lowest BCUT2D eigenvalue weighted by Gasteiger charge is -2.31. The van der Waals surface area contributed by atoms with Crippen LogP contribution in [-0.2, 0) is 20.7 Å². The lowest BCUT2D eigenvalue weighted by Crippen LogP contribution is -2.51. The molecule has 0 aliphatic carbocycles. The molecule has 2 atom stereocenters. The molecule has 2 N–H and O–H groups in total. The number of aliphatic carboxylic acids is 1. The SMILES string of the molecule is O=C(O)CO[C@@H]1CCOC[C@@H]1NC(=O)c1ccc2c(c1)CCO2. The Morgan fingerprint density at radius 2 is 2.22 bits per heavy atom. The van der Waals surface area contributed by atoms with E-state index in [1.807, 2.05) is 6.07 Å². The Labute approximate surface area is 133 Å². The van der Waals surface area contributed by atoms with Gasteiger partial charge in [0.1, 0.15) is 12.4 Å². The van der Waals surface area contributed by atoms with E-state index in [0.29, 0.717) is 31.8 Å². The van der Waals surface area contributed by atoms with Gasteiger partial charge in [0.2, 0.25) is 0 Å². The minimum Gasteiger partial charge on any atom is -0.493 e. The smallest absolute Gasteiger partial charge is 0.329 e. The normalized spacial score (nSPS) is 23.0. The Morgan fingerprint density at radius 3 is 3.04 bits per heavy atom. The monoisotopic (exact) mass is 321 g/mol. The van der Waals surface area contributed by atoms with Crippen molar-refractivity contribution in [2.45, 2.75) is 25.0 Å². The standard InChI is InChI=1S/C16H19NO6/c18-15(19)9-23-14-4-5-21-8-12(14)17-16(20)11-1-2-13-10(7-11)3-6-22-13/h1-2,7,12,14H,3-6,8-9H2,(H,17,20)(H,18,19)/t12-,14+/m0/s1. The van der Waals surface area contributed by atoms with Gasteiger partial charge in [0.15, 0.2) is 0 Å². The van der Waals surface area contributed by atoms with E-state index in [-0.39, 0.29) is 24.7 Å². The van der Waals surface area contributed by atoms with E-state index in [4.69, 9.17) is 19.3 Å². The molecule has 1 fully saturated rings. The number of carbonyl (C=O) groups excluding carboxylic acids is 1. The summed E-state index contributed by atoms with van der Waals surface area (Å²) in [6.07, 6.45) is 0.991. The molecular weight excluding hydrogens is 302 g/mol. The molecule has 124 valence electrons. The predicted octanol–water partition coefficient (Wildman–Crippen LogP) is 0.610. The molecule has 1 aromatic rings. The van der Waals surface area contributed by atoms with Crippen molar-refractivity contribution < 1.29 is 28.9 Å². The fourth-order valence-corrected chi connectivity index (χ4v) is 2.81. The quantitative estimate of drug-likeness (QED) is 0.825. The molecule has 2 heterocycles. The summed E-state index contributed by atoms with van der Waals surface area (Å²) in [5.41, 5.74) is 1.58. The second kappa shape index (κ2) is 6.97. The van der Waals surface area contributed by atoms with Crippen LogP contribution in [0.4, 0.5) is 0 Å². The Hall–Kier alpha value is -2.12. The van der Waals surface area contributed by atoms with Crippen LogP contribution in [0.5, 0.6) is 5.75 Å². The van der Waals surface area contributed by atoms with Crippen molar-refractivity contribution in [2.24, 2.45) is 0 Å². The second-order valence-electron chi connectivity index (χ2n) is 5.61. The summed E-state index contributed by atoms with van der Waals surface area (Å²) >= 11 is 0. The zero-order valence-corrected chi connectivity index (χ0v) is 12.6. The van der Waals surface area contributed by atoms with Gasteiger partial charge in [-0.2, -0.15) is 0 Å². The van der Waals surface area contributed by atoms with Gasteiger partial charge in [0.05, 0.1) is 25.4 Å². The van der Waals surface area contributed by atoms with Crippen LogP contribution in [0.25, 0.3) is 0 Å². The molecule has 0 saturated carbocycles. The third-order valence-electron chi connectivity index (χ3n) is 3.98. The number of ether oxygens (including phenoxy) is 3. The molecule has 2 aliphatic heterocycles. The number of carboxylic acid groups (broad SMARTS) is 1. The maximum absolute atomic E-state index is 12.4. The van der Waals surface area contributed by atoms with E-state index >= 15 is 0 Å². The van der Waals surface area contributed by atoms with Crippen LogP contribution < -0.4 is 10.1 Å². The summed E-state index contributed by atoms with van der Waals surface area (Å²) in [7, 11) is 0. The highest BCUT2D eigenvalue weighted by Crippen LogP contribution is 2.26.